The molecule has 0 amide bonds. The van der Waals surface area contributed by atoms with Crippen molar-refractivity contribution < 1.29 is 18.9 Å². The Morgan fingerprint density at radius 3 is 1.11 bits per heavy atom. The van der Waals surface area contributed by atoms with Crippen LogP contribution in [0.3, 0.4) is 0 Å². The number of methoxy groups -OCH3 is 2. The first-order valence-corrected chi connectivity index (χ1v) is 15.6. The van der Waals surface area contributed by atoms with Gasteiger partial charge < -0.3 is 18.9 Å². The fourth-order valence-electron chi connectivity index (χ4n) is 5.39. The molecule has 0 saturated carbocycles. The molecule has 6 nitrogen and oxygen atoms in total. The highest BCUT2D eigenvalue weighted by Crippen LogP contribution is 2.32. The second-order valence-corrected chi connectivity index (χ2v) is 11.1. The van der Waals surface area contributed by atoms with Crippen LogP contribution >= 0.6 is 0 Å². The molecule has 6 heteroatoms. The molecule has 46 heavy (non-hydrogen) atoms. The molecule has 0 aliphatic carbocycles. The van der Waals surface area contributed by atoms with Crippen molar-refractivity contribution in [2.75, 3.05) is 14.2 Å². The summed E-state index contributed by atoms with van der Waals surface area (Å²) >= 11 is 0. The van der Waals surface area contributed by atoms with Gasteiger partial charge >= 0.3 is 0 Å². The molecule has 0 fully saturated rings. The van der Waals surface area contributed by atoms with Crippen molar-refractivity contribution in [2.24, 2.45) is 0 Å². The Labute approximate surface area is 270 Å². The van der Waals surface area contributed by atoms with E-state index in [-0.39, 0.29) is 13.2 Å². The second kappa shape index (κ2) is 15.1. The SMILES string of the molecule is COc1ccc(OC)c2nc(COc3ccc(CCc4ccccc4)cc3)c(COc3ccc(CCc4ccccc4)cc3)nc12. The smallest absolute Gasteiger partial charge is 0.146 e. The van der Waals surface area contributed by atoms with Gasteiger partial charge in [0.1, 0.15) is 58.6 Å². The van der Waals surface area contributed by atoms with E-state index in [1.807, 2.05) is 48.5 Å². The Hall–Kier alpha value is -5.36. The summed E-state index contributed by atoms with van der Waals surface area (Å²) in [4.78, 5) is 9.91. The van der Waals surface area contributed by atoms with E-state index in [0.29, 0.717) is 33.9 Å². The number of hydrogen-bond donors (Lipinski definition) is 0. The molecule has 0 aliphatic rings. The van der Waals surface area contributed by atoms with Crippen LogP contribution in [-0.2, 0) is 38.9 Å². The van der Waals surface area contributed by atoms with Gasteiger partial charge in [0.2, 0.25) is 0 Å². The van der Waals surface area contributed by atoms with E-state index >= 15 is 0 Å². The standard InChI is InChI=1S/C40H38N2O4/c1-43-37-25-26-38(44-2)40-39(37)41-35(27-45-33-21-17-31(18-22-33)15-13-29-9-5-3-6-10-29)36(42-40)28-46-34-23-19-32(20-24-34)16-14-30-11-7-4-8-12-30/h3-12,17-26H,13-16,27-28H2,1-2H3. The van der Waals surface area contributed by atoms with E-state index in [9.17, 15) is 0 Å². The third-order valence-electron chi connectivity index (χ3n) is 8.03. The van der Waals surface area contributed by atoms with Crippen LogP contribution in [0.4, 0.5) is 0 Å². The van der Waals surface area contributed by atoms with Crippen LogP contribution in [0.15, 0.2) is 121 Å². The molecule has 5 aromatic carbocycles. The minimum atomic E-state index is 0.226. The van der Waals surface area contributed by atoms with Crippen LogP contribution in [-0.4, -0.2) is 24.2 Å². The van der Waals surface area contributed by atoms with Crippen molar-refractivity contribution in [2.45, 2.75) is 38.9 Å². The maximum absolute atomic E-state index is 6.23. The number of aryl methyl sites for hydroxylation is 4. The van der Waals surface area contributed by atoms with Gasteiger partial charge in [-0.3, -0.25) is 0 Å². The predicted octanol–water partition coefficient (Wildman–Crippen LogP) is 8.38. The topological polar surface area (TPSA) is 62.7 Å². The lowest BCUT2D eigenvalue weighted by molar-refractivity contribution is 0.277. The van der Waals surface area contributed by atoms with Crippen LogP contribution in [0.1, 0.15) is 33.6 Å². The predicted molar refractivity (Wildman–Crippen MR) is 182 cm³/mol. The van der Waals surface area contributed by atoms with E-state index in [1.54, 1.807) is 14.2 Å². The van der Waals surface area contributed by atoms with Crippen LogP contribution in [0, 0.1) is 0 Å². The fourth-order valence-corrected chi connectivity index (χ4v) is 5.39. The van der Waals surface area contributed by atoms with Gasteiger partial charge in [0.05, 0.1) is 14.2 Å². The highest BCUT2D eigenvalue weighted by Gasteiger charge is 2.17. The van der Waals surface area contributed by atoms with Crippen LogP contribution in [0.2, 0.25) is 0 Å². The number of ether oxygens (including phenoxy) is 4. The fraction of sp³-hybridized carbons (Fsp3) is 0.200. The van der Waals surface area contributed by atoms with Crippen LogP contribution in [0.25, 0.3) is 11.0 Å². The van der Waals surface area contributed by atoms with E-state index < -0.39 is 0 Å². The Kier molecular flexibility index (Phi) is 10.1. The first kappa shape index (κ1) is 30.7. The van der Waals surface area contributed by atoms with E-state index in [1.165, 1.54) is 22.3 Å². The average molecular weight is 611 g/mol. The zero-order chi connectivity index (χ0) is 31.6. The number of nitrogens with zero attached hydrogens (tertiary/aromatic N) is 2. The zero-order valence-electron chi connectivity index (χ0n) is 26.3. The maximum Gasteiger partial charge on any atom is 0.146 e. The van der Waals surface area contributed by atoms with Gasteiger partial charge in [-0.1, -0.05) is 84.9 Å². The molecule has 232 valence electrons. The van der Waals surface area contributed by atoms with Crippen molar-refractivity contribution in [3.63, 3.8) is 0 Å². The first-order chi connectivity index (χ1) is 22.7. The molecule has 0 atom stereocenters. The van der Waals surface area contributed by atoms with Gasteiger partial charge in [-0.15, -0.1) is 0 Å². The van der Waals surface area contributed by atoms with Crippen LogP contribution in [0.5, 0.6) is 23.0 Å². The van der Waals surface area contributed by atoms with Gasteiger partial charge in [-0.05, 0) is 84.3 Å². The normalized spacial score (nSPS) is 10.9. The third-order valence-corrected chi connectivity index (χ3v) is 8.03. The van der Waals surface area contributed by atoms with Crippen molar-refractivity contribution in [3.05, 3.63) is 155 Å². The third kappa shape index (κ3) is 7.83. The van der Waals surface area contributed by atoms with Crippen LogP contribution < -0.4 is 18.9 Å². The number of fused-ring (bicyclic) bond motifs is 1. The van der Waals surface area contributed by atoms with Crippen molar-refractivity contribution in [1.82, 2.24) is 9.97 Å². The molecule has 6 rings (SSSR count). The lowest BCUT2D eigenvalue weighted by Crippen LogP contribution is -2.10. The first-order valence-electron chi connectivity index (χ1n) is 15.6. The summed E-state index contributed by atoms with van der Waals surface area (Å²) in [5, 5.41) is 0. The van der Waals surface area contributed by atoms with Gasteiger partial charge in [0.15, 0.2) is 0 Å². The Bertz CT molecular complexity index is 1700. The van der Waals surface area contributed by atoms with Crippen molar-refractivity contribution >= 4 is 11.0 Å². The molecule has 0 unspecified atom stereocenters. The summed E-state index contributed by atoms with van der Waals surface area (Å²) in [5.74, 6) is 2.76. The molecule has 0 saturated heterocycles. The zero-order valence-corrected chi connectivity index (χ0v) is 26.3. The van der Waals surface area contributed by atoms with E-state index in [2.05, 4.69) is 72.8 Å². The molecule has 0 bridgehead atoms. The maximum atomic E-state index is 6.23. The monoisotopic (exact) mass is 610 g/mol. The summed E-state index contributed by atoms with van der Waals surface area (Å²) in [7, 11) is 3.25. The highest BCUT2D eigenvalue weighted by atomic mass is 16.5. The number of hydrogen-bond acceptors (Lipinski definition) is 6. The quantitative estimate of drug-likeness (QED) is 0.123. The molecular weight excluding hydrogens is 572 g/mol. The Balaban J connectivity index is 1.16. The number of aromatic nitrogens is 2. The minimum absolute atomic E-state index is 0.226. The van der Waals surface area contributed by atoms with Gasteiger partial charge in [-0.2, -0.15) is 0 Å². The lowest BCUT2D eigenvalue weighted by atomic mass is 10.0. The molecule has 0 N–H and O–H groups in total. The van der Waals surface area contributed by atoms with Gasteiger partial charge in [0.25, 0.3) is 0 Å². The number of benzene rings is 5. The van der Waals surface area contributed by atoms with Gasteiger partial charge in [0, 0.05) is 0 Å². The molecule has 0 aliphatic heterocycles. The summed E-state index contributed by atoms with van der Waals surface area (Å²) in [6.07, 6.45) is 3.94. The summed E-state index contributed by atoms with van der Waals surface area (Å²) in [6.45, 7) is 0.452. The summed E-state index contributed by atoms with van der Waals surface area (Å²) < 4.78 is 23.7. The summed E-state index contributed by atoms with van der Waals surface area (Å²) in [5.41, 5.74) is 7.76. The number of rotatable bonds is 14. The summed E-state index contributed by atoms with van der Waals surface area (Å²) in [6, 6.07) is 41.2. The molecule has 0 spiro atoms. The average Bonchev–Trinajstić information content (AvgIpc) is 3.12. The van der Waals surface area contributed by atoms with E-state index in [4.69, 9.17) is 28.9 Å². The highest BCUT2D eigenvalue weighted by molar-refractivity contribution is 5.87. The molecule has 6 aromatic rings. The molecule has 0 radical (unpaired) electrons. The molecule has 1 heterocycles. The van der Waals surface area contributed by atoms with Crippen molar-refractivity contribution in [3.8, 4) is 23.0 Å². The Morgan fingerprint density at radius 1 is 0.413 bits per heavy atom. The lowest BCUT2D eigenvalue weighted by Gasteiger charge is -2.15. The van der Waals surface area contributed by atoms with E-state index in [0.717, 1.165) is 37.2 Å². The largest absolute Gasteiger partial charge is 0.494 e. The Morgan fingerprint density at radius 2 is 0.761 bits per heavy atom. The van der Waals surface area contributed by atoms with Gasteiger partial charge in [-0.25, -0.2) is 9.97 Å². The molecule has 1 aromatic heterocycles. The molecular formula is C40H38N2O4. The minimum Gasteiger partial charge on any atom is -0.494 e. The second-order valence-electron chi connectivity index (χ2n) is 11.1. The van der Waals surface area contributed by atoms with Crippen molar-refractivity contribution in [1.29, 1.82) is 0 Å².